The Morgan fingerprint density at radius 1 is 1.45 bits per heavy atom. The molecule has 3 rings (SSSR count). The zero-order valence-electron chi connectivity index (χ0n) is 10.8. The zero-order valence-corrected chi connectivity index (χ0v) is 11.6. The van der Waals surface area contributed by atoms with E-state index in [1.54, 1.807) is 23.9 Å². The van der Waals surface area contributed by atoms with Crippen LogP contribution in [-0.2, 0) is 7.05 Å². The molecule has 1 N–H and O–H groups in total. The first-order valence-corrected chi connectivity index (χ1v) is 7.14. The molecule has 20 heavy (non-hydrogen) atoms. The van der Waals surface area contributed by atoms with Gasteiger partial charge in [-0.05, 0) is 22.6 Å². The smallest absolute Gasteiger partial charge is 0.257 e. The van der Waals surface area contributed by atoms with E-state index >= 15 is 0 Å². The van der Waals surface area contributed by atoms with Crippen molar-refractivity contribution in [3.63, 3.8) is 0 Å². The van der Waals surface area contributed by atoms with Crippen LogP contribution in [0.25, 0.3) is 0 Å². The molecule has 2 heterocycles. The summed E-state index contributed by atoms with van der Waals surface area (Å²) in [7, 11) is 1.79. The standard InChI is InChI=1S/C12H13N5O2S/c1-17-12(14-15-16-17)20-7-6-10-13-11(18)8-4-2-3-5-9(8)19-10/h2-5,10H,6-7H2,1H3,(H,13,18). The van der Waals surface area contributed by atoms with Gasteiger partial charge in [-0.15, -0.1) is 5.10 Å². The molecule has 1 aromatic heterocycles. The number of aromatic nitrogens is 4. The molecule has 8 heteroatoms. The van der Waals surface area contributed by atoms with Crippen molar-refractivity contribution in [1.29, 1.82) is 0 Å². The van der Waals surface area contributed by atoms with Crippen molar-refractivity contribution in [2.75, 3.05) is 5.75 Å². The second-order valence-corrected chi connectivity index (χ2v) is 5.36. The minimum atomic E-state index is -0.314. The van der Waals surface area contributed by atoms with Crippen LogP contribution in [0, 0.1) is 0 Å². The van der Waals surface area contributed by atoms with Crippen LogP contribution < -0.4 is 10.1 Å². The molecule has 0 aliphatic carbocycles. The first kappa shape index (κ1) is 12.9. The number of tetrazole rings is 1. The summed E-state index contributed by atoms with van der Waals surface area (Å²) in [4.78, 5) is 11.9. The number of amides is 1. The van der Waals surface area contributed by atoms with Gasteiger partial charge in [0.1, 0.15) is 5.75 Å². The van der Waals surface area contributed by atoms with E-state index in [2.05, 4.69) is 20.8 Å². The lowest BCUT2D eigenvalue weighted by Crippen LogP contribution is -2.43. The van der Waals surface area contributed by atoms with Gasteiger partial charge >= 0.3 is 0 Å². The molecule has 1 aliphatic rings. The van der Waals surface area contributed by atoms with E-state index in [1.807, 2.05) is 12.1 Å². The van der Waals surface area contributed by atoms with Crippen LogP contribution in [0.1, 0.15) is 16.8 Å². The van der Waals surface area contributed by atoms with Crippen molar-refractivity contribution in [2.24, 2.45) is 7.05 Å². The Morgan fingerprint density at radius 2 is 2.30 bits per heavy atom. The third-order valence-electron chi connectivity index (χ3n) is 2.89. The Labute approximate surface area is 119 Å². The second kappa shape index (κ2) is 5.49. The Bertz CT molecular complexity index is 630. The number of carbonyl (C=O) groups is 1. The van der Waals surface area contributed by atoms with Gasteiger partial charge in [0.05, 0.1) is 5.56 Å². The average Bonchev–Trinajstić information content (AvgIpc) is 2.85. The number of rotatable bonds is 4. The SMILES string of the molecule is Cn1nnnc1SCCC1NC(=O)c2ccccc2O1. The molecule has 1 amide bonds. The van der Waals surface area contributed by atoms with E-state index in [4.69, 9.17) is 4.74 Å². The highest BCUT2D eigenvalue weighted by Crippen LogP contribution is 2.24. The van der Waals surface area contributed by atoms with E-state index in [1.165, 1.54) is 11.8 Å². The monoisotopic (exact) mass is 291 g/mol. The summed E-state index contributed by atoms with van der Waals surface area (Å²) in [6.07, 6.45) is 0.364. The van der Waals surface area contributed by atoms with Gasteiger partial charge in [-0.3, -0.25) is 4.79 Å². The molecular formula is C12H13N5O2S. The predicted molar refractivity (Wildman–Crippen MR) is 72.5 cm³/mol. The topological polar surface area (TPSA) is 81.9 Å². The normalized spacial score (nSPS) is 17.2. The number of hydrogen-bond donors (Lipinski definition) is 1. The van der Waals surface area contributed by atoms with E-state index < -0.39 is 0 Å². The van der Waals surface area contributed by atoms with Crippen molar-refractivity contribution >= 4 is 17.7 Å². The molecule has 0 saturated carbocycles. The lowest BCUT2D eigenvalue weighted by atomic mass is 10.1. The highest BCUT2D eigenvalue weighted by molar-refractivity contribution is 7.99. The lowest BCUT2D eigenvalue weighted by molar-refractivity contribution is 0.0752. The number of hydrogen-bond acceptors (Lipinski definition) is 6. The van der Waals surface area contributed by atoms with E-state index in [0.29, 0.717) is 17.7 Å². The summed E-state index contributed by atoms with van der Waals surface area (Å²) in [5, 5.41) is 14.8. The molecule has 1 aliphatic heterocycles. The van der Waals surface area contributed by atoms with Crippen LogP contribution in [-0.4, -0.2) is 38.1 Å². The first-order chi connectivity index (χ1) is 9.74. The summed E-state index contributed by atoms with van der Waals surface area (Å²) in [5.41, 5.74) is 0.578. The zero-order chi connectivity index (χ0) is 13.9. The van der Waals surface area contributed by atoms with Gasteiger partial charge in [0.2, 0.25) is 5.16 Å². The second-order valence-electron chi connectivity index (χ2n) is 4.30. The molecule has 0 spiro atoms. The van der Waals surface area contributed by atoms with Crippen molar-refractivity contribution < 1.29 is 9.53 Å². The molecule has 1 aromatic carbocycles. The number of benzene rings is 1. The maximum absolute atomic E-state index is 11.9. The fraction of sp³-hybridized carbons (Fsp3) is 0.333. The molecule has 0 fully saturated rings. The Hall–Kier alpha value is -2.09. The summed E-state index contributed by atoms with van der Waals surface area (Å²) in [6, 6.07) is 7.23. The van der Waals surface area contributed by atoms with Gasteiger partial charge in [-0.25, -0.2) is 4.68 Å². The molecule has 2 aromatic rings. The van der Waals surface area contributed by atoms with Gasteiger partial charge in [0.25, 0.3) is 5.91 Å². The molecule has 0 radical (unpaired) electrons. The third-order valence-corrected chi connectivity index (χ3v) is 3.93. The number of aryl methyl sites for hydroxylation is 1. The minimum Gasteiger partial charge on any atom is -0.470 e. The number of para-hydroxylation sites is 1. The maximum Gasteiger partial charge on any atom is 0.257 e. The summed E-state index contributed by atoms with van der Waals surface area (Å²) in [5.74, 6) is 1.29. The first-order valence-electron chi connectivity index (χ1n) is 6.16. The molecule has 1 unspecified atom stereocenters. The van der Waals surface area contributed by atoms with Crippen LogP contribution in [0.15, 0.2) is 29.4 Å². The van der Waals surface area contributed by atoms with Gasteiger partial charge in [0.15, 0.2) is 6.23 Å². The van der Waals surface area contributed by atoms with Crippen molar-refractivity contribution in [1.82, 2.24) is 25.5 Å². The number of nitrogens with zero attached hydrogens (tertiary/aromatic N) is 4. The average molecular weight is 291 g/mol. The van der Waals surface area contributed by atoms with Gasteiger partial charge in [0, 0.05) is 19.2 Å². The minimum absolute atomic E-state index is 0.0952. The summed E-state index contributed by atoms with van der Waals surface area (Å²) in [6.45, 7) is 0. The fourth-order valence-electron chi connectivity index (χ4n) is 1.90. The molecule has 1 atom stereocenters. The highest BCUT2D eigenvalue weighted by atomic mass is 32.2. The van der Waals surface area contributed by atoms with Gasteiger partial charge < -0.3 is 10.1 Å². The Morgan fingerprint density at radius 3 is 3.10 bits per heavy atom. The molecular weight excluding hydrogens is 278 g/mol. The lowest BCUT2D eigenvalue weighted by Gasteiger charge is -2.26. The summed E-state index contributed by atoms with van der Waals surface area (Å²) < 4.78 is 7.36. The van der Waals surface area contributed by atoms with Crippen LogP contribution in [0.5, 0.6) is 5.75 Å². The number of thioether (sulfide) groups is 1. The highest BCUT2D eigenvalue weighted by Gasteiger charge is 2.24. The van der Waals surface area contributed by atoms with Gasteiger partial charge in [-0.2, -0.15) is 0 Å². The molecule has 104 valence electrons. The predicted octanol–water partition coefficient (Wildman–Crippen LogP) is 0.841. The van der Waals surface area contributed by atoms with E-state index in [9.17, 15) is 4.79 Å². The molecule has 7 nitrogen and oxygen atoms in total. The van der Waals surface area contributed by atoms with Crippen LogP contribution in [0.2, 0.25) is 0 Å². The molecule has 0 bridgehead atoms. The largest absolute Gasteiger partial charge is 0.470 e. The number of fused-ring (bicyclic) bond motifs is 1. The van der Waals surface area contributed by atoms with Crippen LogP contribution in [0.3, 0.4) is 0 Å². The third kappa shape index (κ3) is 2.60. The Balaban J connectivity index is 1.58. The van der Waals surface area contributed by atoms with E-state index in [-0.39, 0.29) is 12.1 Å². The molecule has 0 saturated heterocycles. The van der Waals surface area contributed by atoms with Crippen molar-refractivity contribution in [3.8, 4) is 5.75 Å². The Kier molecular flexibility index (Phi) is 3.55. The maximum atomic E-state index is 11.9. The number of nitrogens with one attached hydrogen (secondary N) is 1. The number of ether oxygens (including phenoxy) is 1. The van der Waals surface area contributed by atoms with E-state index in [0.717, 1.165) is 10.9 Å². The van der Waals surface area contributed by atoms with Gasteiger partial charge in [-0.1, -0.05) is 23.9 Å². The number of carbonyl (C=O) groups excluding carboxylic acids is 1. The fourth-order valence-corrected chi connectivity index (χ4v) is 2.73. The van der Waals surface area contributed by atoms with Crippen molar-refractivity contribution in [3.05, 3.63) is 29.8 Å². The summed E-state index contributed by atoms with van der Waals surface area (Å²) >= 11 is 1.53. The van der Waals surface area contributed by atoms with Crippen LogP contribution in [0.4, 0.5) is 0 Å². The van der Waals surface area contributed by atoms with Crippen LogP contribution >= 0.6 is 11.8 Å². The van der Waals surface area contributed by atoms with Crippen molar-refractivity contribution in [2.45, 2.75) is 17.8 Å². The quantitative estimate of drug-likeness (QED) is 0.841.